The van der Waals surface area contributed by atoms with Crippen LogP contribution in [0.4, 0.5) is 18.4 Å². The molecule has 0 radical (unpaired) electrons. The summed E-state index contributed by atoms with van der Waals surface area (Å²) in [5.41, 5.74) is 4.83. The predicted octanol–water partition coefficient (Wildman–Crippen LogP) is 8.47. The number of hydrogen-bond acceptors (Lipinski definition) is 9. The number of carbonyl (C=O) groups excluding carboxylic acids is 4. The average molecular weight is 919 g/mol. The monoisotopic (exact) mass is 918 g/mol. The third-order valence-electron chi connectivity index (χ3n) is 14.6. The fourth-order valence-corrected chi connectivity index (χ4v) is 10.7. The highest BCUT2D eigenvalue weighted by molar-refractivity contribution is 5.91. The maximum absolute atomic E-state index is 14.2. The number of piperidine rings is 1. The van der Waals surface area contributed by atoms with Crippen LogP contribution in [-0.4, -0.2) is 106 Å². The van der Waals surface area contributed by atoms with Crippen LogP contribution in [-0.2, 0) is 29.3 Å². The van der Waals surface area contributed by atoms with Gasteiger partial charge in [-0.1, -0.05) is 69.0 Å². The number of halogens is 2. The van der Waals surface area contributed by atoms with Gasteiger partial charge in [-0.15, -0.1) is 0 Å². The maximum Gasteiger partial charge on any atom is 0.407 e. The highest BCUT2D eigenvalue weighted by Gasteiger charge is 2.59. The molecule has 4 fully saturated rings. The van der Waals surface area contributed by atoms with Crippen molar-refractivity contribution in [3.63, 3.8) is 0 Å². The summed E-state index contributed by atoms with van der Waals surface area (Å²) in [5, 5.41) is 7.29. The summed E-state index contributed by atoms with van der Waals surface area (Å²) in [7, 11) is 2.45. The Morgan fingerprint density at radius 2 is 1.46 bits per heavy atom. The van der Waals surface area contributed by atoms with Gasteiger partial charge in [0.2, 0.25) is 11.8 Å². The fourth-order valence-electron chi connectivity index (χ4n) is 10.7. The van der Waals surface area contributed by atoms with Crippen molar-refractivity contribution in [1.29, 1.82) is 0 Å². The minimum absolute atomic E-state index is 0.0244. The highest BCUT2D eigenvalue weighted by atomic mass is 19.3. The molecule has 6 atom stereocenters. The molecule has 352 valence electrons. The molecule has 67 heavy (non-hydrogen) atoms. The zero-order valence-corrected chi connectivity index (χ0v) is 38.2. The van der Waals surface area contributed by atoms with Gasteiger partial charge in [0.15, 0.2) is 0 Å². The van der Waals surface area contributed by atoms with Crippen molar-refractivity contribution in [3.05, 3.63) is 96.9 Å². The molecule has 2 saturated carbocycles. The number of amides is 4. The number of ether oxygens (including phenoxy) is 3. The van der Waals surface area contributed by atoms with E-state index in [1.165, 1.54) is 7.11 Å². The second-order valence-corrected chi connectivity index (χ2v) is 19.0. The number of aromatic nitrogens is 4. The molecule has 9 rings (SSSR count). The van der Waals surface area contributed by atoms with E-state index in [2.05, 4.69) is 93.4 Å². The first-order chi connectivity index (χ1) is 32.1. The van der Waals surface area contributed by atoms with E-state index in [9.17, 15) is 28.0 Å². The van der Waals surface area contributed by atoms with E-state index in [1.54, 1.807) is 11.1 Å². The van der Waals surface area contributed by atoms with E-state index in [0.29, 0.717) is 18.8 Å². The number of imidazole rings is 2. The molecule has 4 aliphatic rings. The van der Waals surface area contributed by atoms with Crippen LogP contribution in [0.25, 0.3) is 44.4 Å². The minimum Gasteiger partial charge on any atom is -0.453 e. The van der Waals surface area contributed by atoms with Crippen LogP contribution in [0.2, 0.25) is 0 Å². The molecule has 15 nitrogen and oxygen atoms in total. The number of benzene rings is 3. The molecule has 2 aliphatic carbocycles. The number of alkyl carbamates (subject to hydrolysis) is 2. The summed E-state index contributed by atoms with van der Waals surface area (Å²) >= 11 is 0. The predicted molar refractivity (Wildman–Crippen MR) is 245 cm³/mol. The first-order valence-corrected chi connectivity index (χ1v) is 22.8. The molecule has 17 heteroatoms. The lowest BCUT2D eigenvalue weighted by Crippen LogP contribution is -2.59. The van der Waals surface area contributed by atoms with Gasteiger partial charge in [0, 0.05) is 18.2 Å². The fraction of sp³-hybridized carbons (Fsp3) is 0.440. The zero-order valence-electron chi connectivity index (χ0n) is 38.2. The molecule has 4 heterocycles. The Kier molecular flexibility index (Phi) is 12.2. The van der Waals surface area contributed by atoms with Crippen LogP contribution in [0.15, 0.2) is 85.2 Å². The number of H-pyrrole nitrogens is 2. The molecule has 3 aromatic carbocycles. The number of methoxy groups -OCH3 is 2. The number of likely N-dealkylation sites (tertiary alicyclic amines) is 2. The van der Waals surface area contributed by atoms with E-state index >= 15 is 0 Å². The number of alkyl halides is 2. The van der Waals surface area contributed by atoms with E-state index in [0.717, 1.165) is 89.5 Å². The number of hydrogen-bond donors (Lipinski definition) is 4. The summed E-state index contributed by atoms with van der Waals surface area (Å²) in [4.78, 5) is 72.9. The van der Waals surface area contributed by atoms with E-state index < -0.39 is 55.0 Å². The lowest BCUT2D eigenvalue weighted by molar-refractivity contribution is -0.144. The van der Waals surface area contributed by atoms with Gasteiger partial charge in [-0.2, -0.15) is 8.78 Å². The van der Waals surface area contributed by atoms with Gasteiger partial charge in [-0.25, -0.2) is 19.6 Å². The van der Waals surface area contributed by atoms with Gasteiger partial charge in [0.05, 0.1) is 50.6 Å². The summed E-state index contributed by atoms with van der Waals surface area (Å²) < 4.78 is 39.8. The van der Waals surface area contributed by atoms with E-state index in [4.69, 9.17) is 19.4 Å². The minimum atomic E-state index is -3.07. The number of nitrogens with one attached hydrogen (secondary N) is 4. The average Bonchev–Trinajstić information content (AvgIpc) is 3.95. The molecular formula is C50H56F2N8O7. The second-order valence-electron chi connectivity index (χ2n) is 19.0. The van der Waals surface area contributed by atoms with Gasteiger partial charge < -0.3 is 44.6 Å². The Bertz CT molecular complexity index is 2710. The lowest BCUT2D eigenvalue weighted by atomic mass is 9.83. The van der Waals surface area contributed by atoms with Crippen molar-refractivity contribution >= 4 is 34.8 Å². The van der Waals surface area contributed by atoms with Gasteiger partial charge >= 0.3 is 18.8 Å². The SMILES string of the molecule is C=C(COC(F)F)[C@H](NC(=O)OC)C(=O)N1CC2(CC2)C[C@H]1c1ncc(-c2ccc3cc(-c4ccc(-c5cnc(C6(C)[C@H]7CC[C@H](C7)N6C(=O)[C@@H](NC(=O)OC)C(C)C)[nH]5)cc4)ccc3c2)[nH]1. The molecular weight excluding hydrogens is 863 g/mol. The standard InChI is InChI=1S/C50H56F2N8O7/c1-27(2)40(57-47(63)65-5)44(62)60-36-16-15-35(21-36)49(60,4)45-54-24-37(56-45)30-9-7-29(8-10-30)31-11-12-33-20-34(14-13-32(33)19-31)38-23-53-42(55-38)39-22-50(17-18-50)26-59(39)43(61)41(58-48(64)66-6)28(3)25-67-46(51)52/h7-14,19-20,23-24,27,35-36,39-41,46H,3,15-18,21-22,25-26H2,1-2,4-6H3,(H,53,55)(H,54,56)(H,57,63)(H,58,64)/t35-,36+,39-,40-,41-,49?/m0/s1. The Hall–Kier alpha value is -6.62. The molecule has 1 spiro atoms. The molecule has 2 bridgehead atoms. The molecule has 2 aromatic heterocycles. The Labute approximate surface area is 387 Å². The summed E-state index contributed by atoms with van der Waals surface area (Å²) in [6, 6.07) is 18.4. The molecule has 4 N–H and O–H groups in total. The van der Waals surface area contributed by atoms with E-state index in [-0.39, 0.29) is 34.8 Å². The molecule has 1 unspecified atom stereocenters. The van der Waals surface area contributed by atoms with Crippen molar-refractivity contribution in [2.45, 2.75) is 95.6 Å². The van der Waals surface area contributed by atoms with Crippen molar-refractivity contribution in [2.75, 3.05) is 27.4 Å². The quantitative estimate of drug-likeness (QED) is 0.0794. The van der Waals surface area contributed by atoms with Crippen LogP contribution in [0.1, 0.15) is 77.0 Å². The van der Waals surface area contributed by atoms with Crippen LogP contribution in [0.3, 0.4) is 0 Å². The maximum atomic E-state index is 14.2. The van der Waals surface area contributed by atoms with Crippen LogP contribution in [0, 0.1) is 17.3 Å². The third-order valence-corrected chi connectivity index (χ3v) is 14.6. The van der Waals surface area contributed by atoms with Crippen molar-refractivity contribution < 1.29 is 42.2 Å². The van der Waals surface area contributed by atoms with Gasteiger partial charge in [-0.05, 0) is 108 Å². The highest BCUT2D eigenvalue weighted by Crippen LogP contribution is 2.58. The lowest BCUT2D eigenvalue weighted by Gasteiger charge is -2.45. The summed E-state index contributed by atoms with van der Waals surface area (Å²) in [6.45, 7) is 6.45. The first-order valence-electron chi connectivity index (χ1n) is 22.8. The number of rotatable bonds is 14. The Morgan fingerprint density at radius 1 is 0.836 bits per heavy atom. The first kappa shape index (κ1) is 45.5. The molecule has 2 saturated heterocycles. The summed E-state index contributed by atoms with van der Waals surface area (Å²) in [5.74, 6) is 0.804. The Morgan fingerprint density at radius 3 is 2.13 bits per heavy atom. The smallest absolute Gasteiger partial charge is 0.407 e. The number of aromatic amines is 2. The Balaban J connectivity index is 0.900. The third kappa shape index (κ3) is 8.65. The second kappa shape index (κ2) is 17.9. The van der Waals surface area contributed by atoms with Gasteiger partial charge in [0.25, 0.3) is 0 Å². The topological polar surface area (TPSA) is 184 Å². The molecule has 2 aliphatic heterocycles. The largest absolute Gasteiger partial charge is 0.453 e. The van der Waals surface area contributed by atoms with Gasteiger partial charge in [-0.3, -0.25) is 9.59 Å². The number of nitrogens with zero attached hydrogens (tertiary/aromatic N) is 4. The van der Waals surface area contributed by atoms with E-state index in [1.807, 2.05) is 31.0 Å². The zero-order chi connectivity index (χ0) is 47.4. The molecule has 5 aromatic rings. The normalized spacial score (nSPS) is 22.4. The van der Waals surface area contributed by atoms with Crippen molar-refractivity contribution in [1.82, 2.24) is 40.4 Å². The number of carbonyl (C=O) groups is 4. The van der Waals surface area contributed by atoms with Gasteiger partial charge in [0.1, 0.15) is 29.3 Å². The van der Waals surface area contributed by atoms with Crippen LogP contribution in [0.5, 0.6) is 0 Å². The number of fused-ring (bicyclic) bond motifs is 3. The summed E-state index contributed by atoms with van der Waals surface area (Å²) in [6.07, 6.45) is 7.41. The van der Waals surface area contributed by atoms with Crippen LogP contribution < -0.4 is 10.6 Å². The van der Waals surface area contributed by atoms with Crippen molar-refractivity contribution in [3.8, 4) is 33.6 Å². The van der Waals surface area contributed by atoms with Crippen molar-refractivity contribution in [2.24, 2.45) is 17.3 Å². The van der Waals surface area contributed by atoms with Crippen LogP contribution >= 0.6 is 0 Å². The molecule has 4 amide bonds.